The lowest BCUT2D eigenvalue weighted by molar-refractivity contribution is 0.142. The maximum absolute atomic E-state index is 13.0. The van der Waals surface area contributed by atoms with Gasteiger partial charge in [-0.3, -0.25) is 0 Å². The molecule has 1 atom stereocenters. The molecule has 0 saturated heterocycles. The molecule has 146 valence electrons. The molecule has 1 unspecified atom stereocenters. The van der Waals surface area contributed by atoms with Crippen molar-refractivity contribution in [2.45, 2.75) is 58.5 Å². The lowest BCUT2D eigenvalue weighted by Gasteiger charge is -2.28. The summed E-state index contributed by atoms with van der Waals surface area (Å²) in [5.41, 5.74) is 4.06. The van der Waals surface area contributed by atoms with E-state index in [1.807, 2.05) is 23.2 Å². The molecular weight excluding hydrogens is 358 g/mol. The summed E-state index contributed by atoms with van der Waals surface area (Å²) in [6.07, 6.45) is 7.87. The van der Waals surface area contributed by atoms with Crippen molar-refractivity contribution < 1.29 is 9.53 Å². The van der Waals surface area contributed by atoms with Crippen LogP contribution in [0.3, 0.4) is 0 Å². The van der Waals surface area contributed by atoms with Crippen LogP contribution in [-0.4, -0.2) is 35.3 Å². The first-order valence-corrected chi connectivity index (χ1v) is 11.0. The summed E-state index contributed by atoms with van der Waals surface area (Å²) in [7, 11) is 0. The van der Waals surface area contributed by atoms with Gasteiger partial charge in [-0.1, -0.05) is 0 Å². The molecule has 0 spiro atoms. The molecular formula is C21H29N3O2S. The standard InChI is InChI=1S/C21H29N3O2S/c1-3-26-13-7-11-22-21(25)24-14-17-16-8-4-5-10-19(16)27-20(17)23-12-6-9-18(23)15(24)2/h6,9,12,15H,3-5,7-8,10-11,13-14H2,1-2H3,(H,22,25). The van der Waals surface area contributed by atoms with Crippen molar-refractivity contribution in [1.29, 1.82) is 0 Å². The van der Waals surface area contributed by atoms with Crippen molar-refractivity contribution in [2.24, 2.45) is 0 Å². The number of thiophene rings is 1. The fraction of sp³-hybridized carbons (Fsp3) is 0.571. The van der Waals surface area contributed by atoms with E-state index in [0.717, 1.165) is 19.4 Å². The zero-order valence-corrected chi connectivity index (χ0v) is 17.1. The number of nitrogens with zero attached hydrogens (tertiary/aromatic N) is 2. The summed E-state index contributed by atoms with van der Waals surface area (Å²) in [5.74, 6) is 0. The van der Waals surface area contributed by atoms with Crippen molar-refractivity contribution in [3.8, 4) is 5.00 Å². The van der Waals surface area contributed by atoms with E-state index >= 15 is 0 Å². The Morgan fingerprint density at radius 3 is 3.04 bits per heavy atom. The van der Waals surface area contributed by atoms with E-state index in [-0.39, 0.29) is 12.1 Å². The number of nitrogens with one attached hydrogen (secondary N) is 1. The molecule has 2 aliphatic rings. The SMILES string of the molecule is CCOCCCNC(=O)N1Cc2c(sc3c2CCCC3)-n2cccc2C1C. The maximum atomic E-state index is 13.0. The molecule has 0 radical (unpaired) electrons. The molecule has 0 bridgehead atoms. The topological polar surface area (TPSA) is 46.5 Å². The highest BCUT2D eigenvalue weighted by molar-refractivity contribution is 7.15. The molecule has 2 amide bonds. The number of hydrogen-bond donors (Lipinski definition) is 1. The van der Waals surface area contributed by atoms with Crippen molar-refractivity contribution in [2.75, 3.05) is 19.8 Å². The third-order valence-corrected chi connectivity index (χ3v) is 7.02. The zero-order chi connectivity index (χ0) is 18.8. The first-order valence-electron chi connectivity index (χ1n) is 10.1. The predicted molar refractivity (Wildman–Crippen MR) is 109 cm³/mol. The van der Waals surface area contributed by atoms with Gasteiger partial charge in [-0.15, -0.1) is 11.3 Å². The molecule has 0 aromatic carbocycles. The van der Waals surface area contributed by atoms with Crippen molar-refractivity contribution in [1.82, 2.24) is 14.8 Å². The summed E-state index contributed by atoms with van der Waals surface area (Å²) in [6.45, 7) is 6.89. The van der Waals surface area contributed by atoms with Gasteiger partial charge < -0.3 is 19.5 Å². The van der Waals surface area contributed by atoms with Crippen LogP contribution in [0.1, 0.15) is 60.8 Å². The van der Waals surface area contributed by atoms with E-state index in [0.29, 0.717) is 19.7 Å². The Morgan fingerprint density at radius 2 is 2.19 bits per heavy atom. The summed E-state index contributed by atoms with van der Waals surface area (Å²) in [5, 5.41) is 4.42. The van der Waals surface area contributed by atoms with Gasteiger partial charge in [0.15, 0.2) is 0 Å². The van der Waals surface area contributed by atoms with Crippen LogP contribution in [-0.2, 0) is 24.1 Å². The number of rotatable bonds is 5. The average molecular weight is 388 g/mol. The molecule has 0 fully saturated rings. The highest BCUT2D eigenvalue weighted by atomic mass is 32.1. The Hall–Kier alpha value is -1.79. The van der Waals surface area contributed by atoms with Crippen LogP contribution in [0.2, 0.25) is 0 Å². The second kappa shape index (κ2) is 8.07. The van der Waals surface area contributed by atoms with Crippen LogP contribution in [0.5, 0.6) is 0 Å². The minimum atomic E-state index is 0.0235. The number of aryl methyl sites for hydroxylation is 1. The molecule has 2 aromatic rings. The Morgan fingerprint density at radius 1 is 1.33 bits per heavy atom. The summed E-state index contributed by atoms with van der Waals surface area (Å²) in [6, 6.07) is 4.31. The van der Waals surface area contributed by atoms with Crippen molar-refractivity contribution >= 4 is 17.4 Å². The fourth-order valence-electron chi connectivity index (χ4n) is 4.22. The Labute approximate surface area is 165 Å². The predicted octanol–water partition coefficient (Wildman–Crippen LogP) is 4.43. The van der Waals surface area contributed by atoms with E-state index in [2.05, 4.69) is 35.1 Å². The third-order valence-electron chi connectivity index (χ3n) is 5.69. The molecule has 6 heteroatoms. The first-order chi connectivity index (χ1) is 13.2. The van der Waals surface area contributed by atoms with Gasteiger partial charge in [0.2, 0.25) is 0 Å². The molecule has 3 heterocycles. The van der Waals surface area contributed by atoms with Gasteiger partial charge in [0.25, 0.3) is 0 Å². The number of hydrogen-bond acceptors (Lipinski definition) is 3. The van der Waals surface area contributed by atoms with Crippen LogP contribution < -0.4 is 5.32 Å². The highest BCUT2D eigenvalue weighted by Gasteiger charge is 2.32. The largest absolute Gasteiger partial charge is 0.382 e. The van der Waals surface area contributed by atoms with Crippen molar-refractivity contribution in [3.63, 3.8) is 0 Å². The van der Waals surface area contributed by atoms with E-state index in [9.17, 15) is 4.79 Å². The van der Waals surface area contributed by atoms with E-state index in [1.54, 1.807) is 0 Å². The lowest BCUT2D eigenvalue weighted by atomic mass is 9.95. The molecule has 1 aliphatic heterocycles. The minimum absolute atomic E-state index is 0.0235. The van der Waals surface area contributed by atoms with Gasteiger partial charge in [-0.25, -0.2) is 4.79 Å². The summed E-state index contributed by atoms with van der Waals surface area (Å²) in [4.78, 5) is 16.5. The number of aromatic nitrogens is 1. The van der Waals surface area contributed by atoms with Crippen molar-refractivity contribution in [3.05, 3.63) is 40.0 Å². The van der Waals surface area contributed by atoms with Gasteiger partial charge in [-0.05, 0) is 63.6 Å². The highest BCUT2D eigenvalue weighted by Crippen LogP contribution is 2.42. The average Bonchev–Trinajstić information content (AvgIpc) is 3.27. The Bertz CT molecular complexity index is 810. The van der Waals surface area contributed by atoms with Gasteiger partial charge in [0.05, 0.1) is 12.6 Å². The van der Waals surface area contributed by atoms with E-state index in [1.165, 1.54) is 46.0 Å². The summed E-state index contributed by atoms with van der Waals surface area (Å²) >= 11 is 1.93. The smallest absolute Gasteiger partial charge is 0.318 e. The quantitative estimate of drug-likeness (QED) is 0.772. The van der Waals surface area contributed by atoms with Gasteiger partial charge in [0.1, 0.15) is 5.00 Å². The number of fused-ring (bicyclic) bond motifs is 5. The van der Waals surface area contributed by atoms with E-state index in [4.69, 9.17) is 4.74 Å². The number of urea groups is 1. The molecule has 1 aliphatic carbocycles. The zero-order valence-electron chi connectivity index (χ0n) is 16.3. The number of carbonyl (C=O) groups is 1. The Kier molecular flexibility index (Phi) is 5.55. The van der Waals surface area contributed by atoms with Crippen LogP contribution in [0.4, 0.5) is 4.79 Å². The molecule has 5 nitrogen and oxygen atoms in total. The molecule has 0 saturated carbocycles. The van der Waals surface area contributed by atoms with Crippen LogP contribution in [0.25, 0.3) is 5.00 Å². The fourth-order valence-corrected chi connectivity index (χ4v) is 5.63. The molecule has 27 heavy (non-hydrogen) atoms. The van der Waals surface area contributed by atoms with Crippen LogP contribution >= 0.6 is 11.3 Å². The number of amides is 2. The maximum Gasteiger partial charge on any atom is 0.318 e. The van der Waals surface area contributed by atoms with Crippen LogP contribution in [0, 0.1) is 0 Å². The van der Waals surface area contributed by atoms with Crippen LogP contribution in [0.15, 0.2) is 18.3 Å². The second-order valence-electron chi connectivity index (χ2n) is 7.38. The van der Waals surface area contributed by atoms with Gasteiger partial charge >= 0.3 is 6.03 Å². The number of carbonyl (C=O) groups excluding carboxylic acids is 1. The molecule has 4 rings (SSSR count). The normalized spacial score (nSPS) is 18.4. The second-order valence-corrected chi connectivity index (χ2v) is 8.47. The van der Waals surface area contributed by atoms with Gasteiger partial charge in [0, 0.05) is 42.1 Å². The summed E-state index contributed by atoms with van der Waals surface area (Å²) < 4.78 is 7.68. The van der Waals surface area contributed by atoms with Gasteiger partial charge in [-0.2, -0.15) is 0 Å². The lowest BCUT2D eigenvalue weighted by Crippen LogP contribution is -2.41. The number of ether oxygens (including phenoxy) is 1. The molecule has 1 N–H and O–H groups in total. The first kappa shape index (κ1) is 18.6. The third kappa shape index (κ3) is 3.52. The van der Waals surface area contributed by atoms with E-state index < -0.39 is 0 Å². The Balaban J connectivity index is 1.59. The minimum Gasteiger partial charge on any atom is -0.382 e. The monoisotopic (exact) mass is 387 g/mol. The molecule has 2 aromatic heterocycles.